The van der Waals surface area contributed by atoms with Crippen LogP contribution in [0.3, 0.4) is 0 Å². The van der Waals surface area contributed by atoms with E-state index in [2.05, 4.69) is 0 Å². The van der Waals surface area contributed by atoms with E-state index < -0.39 is 6.10 Å². The van der Waals surface area contributed by atoms with Gasteiger partial charge in [-0.2, -0.15) is 0 Å². The molecule has 3 N–H and O–H groups in total. The Morgan fingerprint density at radius 3 is 2.52 bits per heavy atom. The number of para-hydroxylation sites is 1. The maximum Gasteiger partial charge on any atom is 0.134 e. The van der Waals surface area contributed by atoms with Crippen molar-refractivity contribution in [2.75, 3.05) is 6.54 Å². The Morgan fingerprint density at radius 1 is 1.10 bits per heavy atom. The number of fused-ring (bicyclic) bond motifs is 1. The zero-order valence-electron chi connectivity index (χ0n) is 11.4. The number of aliphatic hydroxyl groups is 1. The molecule has 0 aliphatic carbocycles. The molecule has 0 spiro atoms. The molecule has 2 unspecified atom stereocenters. The van der Waals surface area contributed by atoms with Crippen LogP contribution in [0, 0.1) is 0 Å². The summed E-state index contributed by atoms with van der Waals surface area (Å²) in [6, 6.07) is 16.9. The monoisotopic (exact) mass is 301 g/mol. The number of rotatable bonds is 4. The SMILES string of the molecule is NCC(c1ccccc1Cl)C(O)c1cc2ccccc2o1. The lowest BCUT2D eigenvalue weighted by atomic mass is 9.92. The Labute approximate surface area is 127 Å². The summed E-state index contributed by atoms with van der Waals surface area (Å²) in [6.07, 6.45) is -0.831. The van der Waals surface area contributed by atoms with Gasteiger partial charge in [0.2, 0.25) is 0 Å². The zero-order chi connectivity index (χ0) is 14.8. The maximum atomic E-state index is 10.6. The Kier molecular flexibility index (Phi) is 3.97. The van der Waals surface area contributed by atoms with Crippen LogP contribution in [0.2, 0.25) is 5.02 Å². The minimum atomic E-state index is -0.831. The Morgan fingerprint density at radius 2 is 1.81 bits per heavy atom. The van der Waals surface area contributed by atoms with Gasteiger partial charge < -0.3 is 15.3 Å². The van der Waals surface area contributed by atoms with Gasteiger partial charge in [-0.25, -0.2) is 0 Å². The minimum Gasteiger partial charge on any atom is -0.458 e. The zero-order valence-corrected chi connectivity index (χ0v) is 12.1. The number of hydrogen-bond donors (Lipinski definition) is 2. The molecule has 0 aliphatic heterocycles. The van der Waals surface area contributed by atoms with Crippen LogP contribution in [-0.4, -0.2) is 11.7 Å². The van der Waals surface area contributed by atoms with Crippen molar-refractivity contribution < 1.29 is 9.52 Å². The normalized spacial score (nSPS) is 14.2. The molecule has 0 saturated carbocycles. The van der Waals surface area contributed by atoms with Crippen LogP contribution in [0.25, 0.3) is 11.0 Å². The summed E-state index contributed by atoms with van der Waals surface area (Å²) in [5.41, 5.74) is 7.43. The average molecular weight is 302 g/mol. The lowest BCUT2D eigenvalue weighted by Gasteiger charge is -2.21. The van der Waals surface area contributed by atoms with E-state index in [0.717, 1.165) is 16.5 Å². The van der Waals surface area contributed by atoms with Crippen LogP contribution >= 0.6 is 11.6 Å². The molecule has 2 atom stereocenters. The molecule has 1 heterocycles. The molecular weight excluding hydrogens is 286 g/mol. The van der Waals surface area contributed by atoms with E-state index in [0.29, 0.717) is 10.8 Å². The van der Waals surface area contributed by atoms with Crippen LogP contribution in [0.4, 0.5) is 0 Å². The van der Waals surface area contributed by atoms with Gasteiger partial charge in [-0.15, -0.1) is 0 Å². The highest BCUT2D eigenvalue weighted by atomic mass is 35.5. The lowest BCUT2D eigenvalue weighted by Crippen LogP contribution is -2.20. The molecule has 21 heavy (non-hydrogen) atoms. The van der Waals surface area contributed by atoms with E-state index in [1.807, 2.05) is 48.5 Å². The molecule has 3 rings (SSSR count). The average Bonchev–Trinajstić information content (AvgIpc) is 2.93. The van der Waals surface area contributed by atoms with Crippen molar-refractivity contribution in [3.63, 3.8) is 0 Å². The van der Waals surface area contributed by atoms with E-state index in [1.54, 1.807) is 6.07 Å². The molecule has 3 aromatic rings. The Bertz CT molecular complexity index is 720. The van der Waals surface area contributed by atoms with E-state index in [1.165, 1.54) is 0 Å². The molecule has 0 bridgehead atoms. The van der Waals surface area contributed by atoms with Gasteiger partial charge in [-0.05, 0) is 23.8 Å². The van der Waals surface area contributed by atoms with Gasteiger partial charge in [0.15, 0.2) is 0 Å². The number of nitrogens with two attached hydrogens (primary N) is 1. The number of hydrogen-bond acceptors (Lipinski definition) is 3. The first kappa shape index (κ1) is 14.1. The lowest BCUT2D eigenvalue weighted by molar-refractivity contribution is 0.124. The molecule has 0 fully saturated rings. The third-order valence-corrected chi connectivity index (χ3v) is 4.02. The van der Waals surface area contributed by atoms with Crippen molar-refractivity contribution in [3.05, 3.63) is 70.9 Å². The summed E-state index contributed by atoms with van der Waals surface area (Å²) in [6.45, 7) is 0.280. The summed E-state index contributed by atoms with van der Waals surface area (Å²) in [7, 11) is 0. The van der Waals surface area contributed by atoms with Crippen molar-refractivity contribution >= 4 is 22.6 Å². The highest BCUT2D eigenvalue weighted by Gasteiger charge is 2.26. The second-order valence-corrected chi connectivity index (χ2v) is 5.40. The van der Waals surface area contributed by atoms with Gasteiger partial charge in [0.05, 0.1) is 0 Å². The first-order valence-corrected chi connectivity index (χ1v) is 7.19. The Hall–Kier alpha value is -1.81. The topological polar surface area (TPSA) is 59.4 Å². The number of aliphatic hydroxyl groups excluding tert-OH is 1. The Balaban J connectivity index is 1.98. The number of benzene rings is 2. The van der Waals surface area contributed by atoms with Gasteiger partial charge in [-0.3, -0.25) is 0 Å². The summed E-state index contributed by atoms with van der Waals surface area (Å²) in [4.78, 5) is 0. The molecule has 1 aromatic heterocycles. The van der Waals surface area contributed by atoms with Gasteiger partial charge >= 0.3 is 0 Å². The molecular formula is C17H16ClNO2. The van der Waals surface area contributed by atoms with Gasteiger partial charge in [0.1, 0.15) is 17.4 Å². The van der Waals surface area contributed by atoms with Crippen molar-refractivity contribution in [1.82, 2.24) is 0 Å². The summed E-state index contributed by atoms with van der Waals surface area (Å²) >= 11 is 6.21. The third-order valence-electron chi connectivity index (χ3n) is 3.68. The predicted octanol–water partition coefficient (Wildman–Crippen LogP) is 3.86. The highest BCUT2D eigenvalue weighted by Crippen LogP contribution is 2.36. The minimum absolute atomic E-state index is 0.280. The van der Waals surface area contributed by atoms with E-state index >= 15 is 0 Å². The van der Waals surface area contributed by atoms with Crippen LogP contribution in [-0.2, 0) is 0 Å². The molecule has 0 radical (unpaired) electrons. The van der Waals surface area contributed by atoms with Crippen LogP contribution < -0.4 is 5.73 Å². The fraction of sp³-hybridized carbons (Fsp3) is 0.176. The standard InChI is InChI=1S/C17H16ClNO2/c18-14-7-3-2-6-12(14)13(10-19)17(20)16-9-11-5-1-4-8-15(11)21-16/h1-9,13,17,20H,10,19H2. The summed E-state index contributed by atoms with van der Waals surface area (Å²) < 4.78 is 5.73. The summed E-state index contributed by atoms with van der Waals surface area (Å²) in [5.74, 6) is 0.200. The maximum absolute atomic E-state index is 10.6. The fourth-order valence-corrected chi connectivity index (χ4v) is 2.82. The van der Waals surface area contributed by atoms with Crippen LogP contribution in [0.5, 0.6) is 0 Å². The summed E-state index contributed by atoms with van der Waals surface area (Å²) in [5, 5.41) is 12.2. The van der Waals surface area contributed by atoms with Crippen molar-refractivity contribution in [1.29, 1.82) is 0 Å². The van der Waals surface area contributed by atoms with Crippen LogP contribution in [0.1, 0.15) is 23.3 Å². The van der Waals surface area contributed by atoms with E-state index in [4.69, 9.17) is 21.8 Å². The van der Waals surface area contributed by atoms with Crippen molar-refractivity contribution in [2.24, 2.45) is 5.73 Å². The highest BCUT2D eigenvalue weighted by molar-refractivity contribution is 6.31. The quantitative estimate of drug-likeness (QED) is 0.769. The van der Waals surface area contributed by atoms with Gasteiger partial charge in [-0.1, -0.05) is 48.0 Å². The molecule has 0 saturated heterocycles. The number of halogens is 1. The predicted molar refractivity (Wildman–Crippen MR) is 84.4 cm³/mol. The molecule has 2 aromatic carbocycles. The van der Waals surface area contributed by atoms with Crippen LogP contribution in [0.15, 0.2) is 59.0 Å². The molecule has 4 heteroatoms. The van der Waals surface area contributed by atoms with E-state index in [-0.39, 0.29) is 12.5 Å². The van der Waals surface area contributed by atoms with Crippen molar-refractivity contribution in [2.45, 2.75) is 12.0 Å². The van der Waals surface area contributed by atoms with Gasteiger partial charge in [0, 0.05) is 22.9 Å². The molecule has 3 nitrogen and oxygen atoms in total. The molecule has 108 valence electrons. The second kappa shape index (κ2) is 5.90. The number of furan rings is 1. The van der Waals surface area contributed by atoms with E-state index in [9.17, 15) is 5.11 Å². The smallest absolute Gasteiger partial charge is 0.134 e. The molecule has 0 aliphatic rings. The third kappa shape index (κ3) is 2.68. The second-order valence-electron chi connectivity index (χ2n) is 5.00. The molecule has 0 amide bonds. The first-order chi connectivity index (χ1) is 10.2. The largest absolute Gasteiger partial charge is 0.458 e. The first-order valence-electron chi connectivity index (χ1n) is 6.81. The van der Waals surface area contributed by atoms with Crippen molar-refractivity contribution in [3.8, 4) is 0 Å². The fourth-order valence-electron chi connectivity index (χ4n) is 2.55. The van der Waals surface area contributed by atoms with Gasteiger partial charge in [0.25, 0.3) is 0 Å².